The summed E-state index contributed by atoms with van der Waals surface area (Å²) < 4.78 is 0. The van der Waals surface area contributed by atoms with Crippen LogP contribution in [0.3, 0.4) is 0 Å². The van der Waals surface area contributed by atoms with E-state index in [0.29, 0.717) is 18.8 Å². The second-order valence-corrected chi connectivity index (χ2v) is 6.41. The van der Waals surface area contributed by atoms with E-state index in [9.17, 15) is 19.5 Å². The van der Waals surface area contributed by atoms with Crippen LogP contribution < -0.4 is 10.2 Å². The molecule has 1 atom stereocenters. The molecule has 7 nitrogen and oxygen atoms in total. The van der Waals surface area contributed by atoms with Gasteiger partial charge >= 0.3 is 12.0 Å². The SMILES string of the molecule is CC(C(=O)O)N(C(=O)c1cc(N2CCNC2=O)ccc1Cl)C1CC1. The molecule has 3 amide bonds. The van der Waals surface area contributed by atoms with Crippen molar-refractivity contribution in [3.8, 4) is 0 Å². The van der Waals surface area contributed by atoms with E-state index in [1.807, 2.05) is 0 Å². The number of nitrogens with zero attached hydrogens (tertiary/aromatic N) is 2. The molecule has 8 heteroatoms. The van der Waals surface area contributed by atoms with E-state index in [4.69, 9.17) is 11.6 Å². The molecule has 1 unspecified atom stereocenters. The summed E-state index contributed by atoms with van der Waals surface area (Å²) >= 11 is 6.17. The molecule has 1 saturated heterocycles. The van der Waals surface area contributed by atoms with E-state index < -0.39 is 17.9 Å². The van der Waals surface area contributed by atoms with Gasteiger partial charge in [0.2, 0.25) is 0 Å². The minimum absolute atomic E-state index is 0.0709. The number of amides is 3. The topological polar surface area (TPSA) is 89.9 Å². The lowest BCUT2D eigenvalue weighted by Gasteiger charge is -2.27. The Balaban J connectivity index is 1.93. The van der Waals surface area contributed by atoms with Crippen LogP contribution in [-0.2, 0) is 4.79 Å². The first-order valence-electron chi connectivity index (χ1n) is 7.80. The first-order chi connectivity index (χ1) is 11.4. The van der Waals surface area contributed by atoms with Crippen LogP contribution in [0, 0.1) is 0 Å². The monoisotopic (exact) mass is 351 g/mol. The number of hydrogen-bond donors (Lipinski definition) is 2. The van der Waals surface area contributed by atoms with Crippen molar-refractivity contribution in [3.05, 3.63) is 28.8 Å². The molecule has 24 heavy (non-hydrogen) atoms. The number of aliphatic carboxylic acids is 1. The van der Waals surface area contributed by atoms with Gasteiger partial charge < -0.3 is 15.3 Å². The normalized spacial score (nSPS) is 18.2. The van der Waals surface area contributed by atoms with Crippen LogP contribution in [0.4, 0.5) is 10.5 Å². The predicted octanol–water partition coefficient (Wildman–Crippen LogP) is 1.95. The van der Waals surface area contributed by atoms with Crippen molar-refractivity contribution in [2.75, 3.05) is 18.0 Å². The van der Waals surface area contributed by atoms with Crippen LogP contribution in [0.2, 0.25) is 5.02 Å². The highest BCUT2D eigenvalue weighted by molar-refractivity contribution is 6.34. The summed E-state index contributed by atoms with van der Waals surface area (Å²) in [6, 6.07) is 3.56. The molecule has 2 fully saturated rings. The lowest BCUT2D eigenvalue weighted by atomic mass is 10.1. The largest absolute Gasteiger partial charge is 0.480 e. The Kier molecular flexibility index (Phi) is 4.36. The quantitative estimate of drug-likeness (QED) is 0.848. The molecule has 0 spiro atoms. The number of carboxylic acid groups (broad SMARTS) is 1. The smallest absolute Gasteiger partial charge is 0.326 e. The number of urea groups is 1. The van der Waals surface area contributed by atoms with Gasteiger partial charge in [-0.3, -0.25) is 9.69 Å². The van der Waals surface area contributed by atoms with Gasteiger partial charge in [-0.1, -0.05) is 11.6 Å². The van der Waals surface area contributed by atoms with Gasteiger partial charge in [-0.15, -0.1) is 0 Å². The molecule has 1 aliphatic carbocycles. The van der Waals surface area contributed by atoms with Gasteiger partial charge in [-0.2, -0.15) is 0 Å². The highest BCUT2D eigenvalue weighted by Gasteiger charge is 2.39. The second-order valence-electron chi connectivity index (χ2n) is 6.01. The zero-order chi connectivity index (χ0) is 17.4. The number of rotatable bonds is 5. The molecule has 2 N–H and O–H groups in total. The lowest BCUT2D eigenvalue weighted by molar-refractivity contribution is -0.141. The van der Waals surface area contributed by atoms with Gasteiger partial charge in [0.1, 0.15) is 6.04 Å². The standard InChI is InChI=1S/C16H18ClN3O4/c1-9(15(22)23)20(10-2-3-10)14(21)12-8-11(4-5-13(12)17)19-7-6-18-16(19)24/h4-5,8-10H,2-3,6-7H2,1H3,(H,18,24)(H,22,23). The number of benzene rings is 1. The molecule has 1 aromatic rings. The van der Waals surface area contributed by atoms with Crippen molar-refractivity contribution < 1.29 is 19.5 Å². The molecule has 3 rings (SSSR count). The summed E-state index contributed by atoms with van der Waals surface area (Å²) in [6.07, 6.45) is 1.57. The molecule has 0 radical (unpaired) electrons. The highest BCUT2D eigenvalue weighted by atomic mass is 35.5. The van der Waals surface area contributed by atoms with Gasteiger partial charge in [-0.25, -0.2) is 9.59 Å². The Bertz CT molecular complexity index is 705. The Labute approximate surface area is 144 Å². The molecule has 0 bridgehead atoms. The Morgan fingerprint density at radius 2 is 2.12 bits per heavy atom. The molecule has 1 aromatic carbocycles. The van der Waals surface area contributed by atoms with Crippen molar-refractivity contribution >= 4 is 35.2 Å². The number of carbonyl (C=O) groups excluding carboxylic acids is 2. The van der Waals surface area contributed by atoms with Crippen LogP contribution in [0.25, 0.3) is 0 Å². The van der Waals surface area contributed by atoms with Crippen LogP contribution in [0.15, 0.2) is 18.2 Å². The molecule has 0 aromatic heterocycles. The summed E-state index contributed by atoms with van der Waals surface area (Å²) in [5.41, 5.74) is 0.783. The van der Waals surface area contributed by atoms with Crippen LogP contribution >= 0.6 is 11.6 Å². The summed E-state index contributed by atoms with van der Waals surface area (Å²) in [4.78, 5) is 38.9. The van der Waals surface area contributed by atoms with Gasteiger partial charge in [0.25, 0.3) is 5.91 Å². The summed E-state index contributed by atoms with van der Waals surface area (Å²) in [7, 11) is 0. The third kappa shape index (κ3) is 3.03. The van der Waals surface area contributed by atoms with Crippen molar-refractivity contribution in [3.63, 3.8) is 0 Å². The maximum atomic E-state index is 12.9. The Morgan fingerprint density at radius 3 is 2.67 bits per heavy atom. The van der Waals surface area contributed by atoms with Gasteiger partial charge in [0.05, 0.1) is 10.6 Å². The minimum atomic E-state index is -1.05. The Hall–Kier alpha value is -2.28. The average molecular weight is 352 g/mol. The van der Waals surface area contributed by atoms with Crippen LogP contribution in [0.1, 0.15) is 30.1 Å². The fourth-order valence-corrected chi connectivity index (χ4v) is 3.03. The maximum absolute atomic E-state index is 12.9. The molecule has 1 saturated carbocycles. The number of nitrogens with one attached hydrogen (secondary N) is 1. The third-order valence-corrected chi connectivity index (χ3v) is 4.63. The van der Waals surface area contributed by atoms with Gasteiger partial charge in [-0.05, 0) is 38.0 Å². The van der Waals surface area contributed by atoms with Gasteiger partial charge in [0.15, 0.2) is 0 Å². The minimum Gasteiger partial charge on any atom is -0.480 e. The number of anilines is 1. The molecular formula is C16H18ClN3O4. The number of halogens is 1. The van der Waals surface area contributed by atoms with Crippen molar-refractivity contribution in [2.45, 2.75) is 31.8 Å². The first kappa shape index (κ1) is 16.6. The third-order valence-electron chi connectivity index (χ3n) is 4.30. The second kappa shape index (κ2) is 6.32. The number of carboxylic acids is 1. The molecule has 1 heterocycles. The molecule has 128 valence electrons. The first-order valence-corrected chi connectivity index (χ1v) is 8.18. The van der Waals surface area contributed by atoms with Gasteiger partial charge in [0, 0.05) is 24.8 Å². The van der Waals surface area contributed by atoms with Crippen molar-refractivity contribution in [1.29, 1.82) is 0 Å². The van der Waals surface area contributed by atoms with E-state index in [2.05, 4.69) is 5.32 Å². The van der Waals surface area contributed by atoms with E-state index in [1.165, 1.54) is 16.7 Å². The van der Waals surface area contributed by atoms with E-state index >= 15 is 0 Å². The lowest BCUT2D eigenvalue weighted by Crippen LogP contribution is -2.44. The van der Waals surface area contributed by atoms with Crippen molar-refractivity contribution in [2.24, 2.45) is 0 Å². The highest BCUT2D eigenvalue weighted by Crippen LogP contribution is 2.33. The summed E-state index contributed by atoms with van der Waals surface area (Å²) in [5, 5.41) is 12.2. The number of carbonyl (C=O) groups is 3. The molecule has 1 aliphatic heterocycles. The zero-order valence-corrected chi connectivity index (χ0v) is 13.9. The molecule has 2 aliphatic rings. The maximum Gasteiger partial charge on any atom is 0.326 e. The zero-order valence-electron chi connectivity index (χ0n) is 13.2. The van der Waals surface area contributed by atoms with Crippen LogP contribution in [0.5, 0.6) is 0 Å². The fraction of sp³-hybridized carbons (Fsp3) is 0.438. The predicted molar refractivity (Wildman–Crippen MR) is 88.5 cm³/mol. The summed E-state index contributed by atoms with van der Waals surface area (Å²) in [5.74, 6) is -1.47. The van der Waals surface area contributed by atoms with Crippen molar-refractivity contribution in [1.82, 2.24) is 10.2 Å². The average Bonchev–Trinajstić information content (AvgIpc) is 3.28. The fourth-order valence-electron chi connectivity index (χ4n) is 2.83. The Morgan fingerprint density at radius 1 is 1.42 bits per heavy atom. The van der Waals surface area contributed by atoms with E-state index in [1.54, 1.807) is 18.2 Å². The van der Waals surface area contributed by atoms with Crippen LogP contribution in [-0.4, -0.2) is 53.1 Å². The van der Waals surface area contributed by atoms with E-state index in [-0.39, 0.29) is 22.7 Å². The van der Waals surface area contributed by atoms with E-state index in [0.717, 1.165) is 12.8 Å². The number of hydrogen-bond acceptors (Lipinski definition) is 3. The summed E-state index contributed by atoms with van der Waals surface area (Å²) in [6.45, 7) is 2.53. The molecular weight excluding hydrogens is 334 g/mol.